The maximum Gasteiger partial charge on any atom is 0.220 e. The first-order valence-electron chi connectivity index (χ1n) is 7.20. The number of primary amides is 1. The molecular formula is C16H22N2O3. The van der Waals surface area contributed by atoms with Crippen LogP contribution < -0.4 is 10.5 Å². The number of likely N-dealkylation sites (tertiary alicyclic amines) is 1. The number of methoxy groups -OCH3 is 1. The molecule has 1 saturated heterocycles. The zero-order valence-electron chi connectivity index (χ0n) is 12.6. The number of benzene rings is 1. The number of carbonyl (C=O) groups excluding carboxylic acids is 2. The number of nitrogens with zero attached hydrogens (tertiary/aromatic N) is 1. The lowest BCUT2D eigenvalue weighted by Gasteiger charge is -2.30. The van der Waals surface area contributed by atoms with Crippen molar-refractivity contribution < 1.29 is 14.3 Å². The van der Waals surface area contributed by atoms with Crippen LogP contribution in [0, 0.1) is 5.92 Å². The molecule has 0 unspecified atom stereocenters. The standard InChI is InChI=1S/C16H22N2O3/c1-11(19)13-3-4-15(21-2)14(9-13)10-18-7-5-12(6-8-18)16(17)20/h3-4,9,12H,5-8,10H2,1-2H3,(H2,17,20). The Morgan fingerprint density at radius 3 is 2.52 bits per heavy atom. The van der Waals surface area contributed by atoms with Gasteiger partial charge in [0.15, 0.2) is 5.78 Å². The van der Waals surface area contributed by atoms with E-state index < -0.39 is 0 Å². The van der Waals surface area contributed by atoms with E-state index in [1.807, 2.05) is 12.1 Å². The summed E-state index contributed by atoms with van der Waals surface area (Å²) in [6.07, 6.45) is 1.59. The van der Waals surface area contributed by atoms with Crippen molar-refractivity contribution in [2.75, 3.05) is 20.2 Å². The molecule has 1 amide bonds. The van der Waals surface area contributed by atoms with Crippen molar-refractivity contribution in [3.8, 4) is 5.75 Å². The first-order valence-corrected chi connectivity index (χ1v) is 7.20. The van der Waals surface area contributed by atoms with Crippen molar-refractivity contribution in [1.82, 2.24) is 4.90 Å². The number of nitrogens with two attached hydrogens (primary N) is 1. The highest BCUT2D eigenvalue weighted by atomic mass is 16.5. The molecule has 5 heteroatoms. The molecule has 1 aliphatic rings. The highest BCUT2D eigenvalue weighted by molar-refractivity contribution is 5.94. The van der Waals surface area contributed by atoms with Crippen LogP contribution in [0.5, 0.6) is 5.75 Å². The molecule has 1 aromatic rings. The summed E-state index contributed by atoms with van der Waals surface area (Å²) < 4.78 is 5.37. The average molecular weight is 290 g/mol. The van der Waals surface area contributed by atoms with E-state index in [0.717, 1.165) is 43.8 Å². The molecule has 5 nitrogen and oxygen atoms in total. The summed E-state index contributed by atoms with van der Waals surface area (Å²) in [7, 11) is 1.63. The van der Waals surface area contributed by atoms with Crippen molar-refractivity contribution in [1.29, 1.82) is 0 Å². The molecule has 1 aromatic carbocycles. The topological polar surface area (TPSA) is 72.6 Å². The van der Waals surface area contributed by atoms with E-state index in [4.69, 9.17) is 10.5 Å². The van der Waals surface area contributed by atoms with Gasteiger partial charge in [0.25, 0.3) is 0 Å². The fraction of sp³-hybridized carbons (Fsp3) is 0.500. The average Bonchev–Trinajstić information content (AvgIpc) is 2.47. The van der Waals surface area contributed by atoms with E-state index in [0.29, 0.717) is 5.56 Å². The van der Waals surface area contributed by atoms with E-state index in [1.165, 1.54) is 0 Å². The van der Waals surface area contributed by atoms with Crippen molar-refractivity contribution in [3.05, 3.63) is 29.3 Å². The number of hydrogen-bond donors (Lipinski definition) is 1. The van der Waals surface area contributed by atoms with Crippen molar-refractivity contribution in [2.24, 2.45) is 11.7 Å². The Labute approximate surface area is 125 Å². The fourth-order valence-corrected chi connectivity index (χ4v) is 2.74. The lowest BCUT2D eigenvalue weighted by molar-refractivity contribution is -0.123. The van der Waals surface area contributed by atoms with Crippen LogP contribution >= 0.6 is 0 Å². The van der Waals surface area contributed by atoms with Gasteiger partial charge in [0.05, 0.1) is 7.11 Å². The summed E-state index contributed by atoms with van der Waals surface area (Å²) in [4.78, 5) is 25.0. The number of ketones is 1. The SMILES string of the molecule is COc1ccc(C(C)=O)cc1CN1CCC(C(N)=O)CC1. The summed E-state index contributed by atoms with van der Waals surface area (Å²) in [5.74, 6) is 0.626. The lowest BCUT2D eigenvalue weighted by atomic mass is 9.95. The normalized spacial score (nSPS) is 16.7. The van der Waals surface area contributed by atoms with Gasteiger partial charge in [0.1, 0.15) is 5.75 Å². The number of hydrogen-bond acceptors (Lipinski definition) is 4. The Morgan fingerprint density at radius 2 is 2.00 bits per heavy atom. The summed E-state index contributed by atoms with van der Waals surface area (Å²) in [6.45, 7) is 3.95. The van der Waals surface area contributed by atoms with Crippen LogP contribution in [0.2, 0.25) is 0 Å². The third kappa shape index (κ3) is 3.82. The molecule has 1 heterocycles. The second-order valence-electron chi connectivity index (χ2n) is 5.54. The zero-order chi connectivity index (χ0) is 15.4. The molecule has 2 N–H and O–H groups in total. The molecule has 0 spiro atoms. The van der Waals surface area contributed by atoms with Gasteiger partial charge in [0.2, 0.25) is 5.91 Å². The van der Waals surface area contributed by atoms with E-state index in [2.05, 4.69) is 4.90 Å². The van der Waals surface area contributed by atoms with Crippen LogP contribution in [0.4, 0.5) is 0 Å². The van der Waals surface area contributed by atoms with E-state index >= 15 is 0 Å². The monoisotopic (exact) mass is 290 g/mol. The predicted molar refractivity (Wildman–Crippen MR) is 80.2 cm³/mol. The molecule has 1 aliphatic heterocycles. The van der Waals surface area contributed by atoms with Crippen molar-refractivity contribution in [3.63, 3.8) is 0 Å². The quantitative estimate of drug-likeness (QED) is 0.836. The third-order valence-electron chi connectivity index (χ3n) is 4.07. The number of ether oxygens (including phenoxy) is 1. The zero-order valence-corrected chi connectivity index (χ0v) is 12.6. The molecule has 2 rings (SSSR count). The first-order chi connectivity index (χ1) is 10.0. The molecule has 0 aliphatic carbocycles. The van der Waals surface area contributed by atoms with Gasteiger partial charge in [0, 0.05) is 23.6 Å². The Bertz CT molecular complexity index is 534. The second-order valence-corrected chi connectivity index (χ2v) is 5.54. The molecule has 0 bridgehead atoms. The molecule has 0 radical (unpaired) electrons. The second kappa shape index (κ2) is 6.72. The van der Waals surface area contributed by atoms with Crippen molar-refractivity contribution in [2.45, 2.75) is 26.3 Å². The summed E-state index contributed by atoms with van der Waals surface area (Å²) in [6, 6.07) is 5.51. The Morgan fingerprint density at radius 1 is 1.33 bits per heavy atom. The van der Waals surface area contributed by atoms with E-state index in [-0.39, 0.29) is 17.6 Å². The summed E-state index contributed by atoms with van der Waals surface area (Å²) >= 11 is 0. The van der Waals surface area contributed by atoms with Crippen LogP contribution in [-0.2, 0) is 11.3 Å². The highest BCUT2D eigenvalue weighted by Gasteiger charge is 2.23. The molecule has 21 heavy (non-hydrogen) atoms. The van der Waals surface area contributed by atoms with Crippen LogP contribution in [0.25, 0.3) is 0 Å². The van der Waals surface area contributed by atoms with Crippen LogP contribution in [0.1, 0.15) is 35.7 Å². The Balaban J connectivity index is 2.07. The molecule has 1 fully saturated rings. The van der Waals surface area contributed by atoms with Gasteiger partial charge in [-0.15, -0.1) is 0 Å². The van der Waals surface area contributed by atoms with Gasteiger partial charge in [-0.2, -0.15) is 0 Å². The first kappa shape index (κ1) is 15.5. The van der Waals surface area contributed by atoms with Crippen LogP contribution in [-0.4, -0.2) is 36.8 Å². The predicted octanol–water partition coefficient (Wildman–Crippen LogP) is 1.60. The maximum absolute atomic E-state index is 11.5. The van der Waals surface area contributed by atoms with Crippen molar-refractivity contribution >= 4 is 11.7 Å². The number of Topliss-reactive ketones (excluding diaryl/α,β-unsaturated/α-hetero) is 1. The number of rotatable bonds is 5. The Kier molecular flexibility index (Phi) is 4.96. The maximum atomic E-state index is 11.5. The van der Waals surface area contributed by atoms with E-state index in [1.54, 1.807) is 20.1 Å². The van der Waals surface area contributed by atoms with Gasteiger partial charge in [-0.05, 0) is 51.1 Å². The lowest BCUT2D eigenvalue weighted by Crippen LogP contribution is -2.38. The van der Waals surface area contributed by atoms with Gasteiger partial charge >= 0.3 is 0 Å². The molecule has 114 valence electrons. The van der Waals surface area contributed by atoms with Gasteiger partial charge < -0.3 is 10.5 Å². The number of carbonyl (C=O) groups is 2. The van der Waals surface area contributed by atoms with Gasteiger partial charge in [-0.25, -0.2) is 0 Å². The fourth-order valence-electron chi connectivity index (χ4n) is 2.74. The largest absolute Gasteiger partial charge is 0.496 e. The van der Waals surface area contributed by atoms with Crippen LogP contribution in [0.15, 0.2) is 18.2 Å². The van der Waals surface area contributed by atoms with Gasteiger partial charge in [-0.3, -0.25) is 14.5 Å². The van der Waals surface area contributed by atoms with Crippen LogP contribution in [0.3, 0.4) is 0 Å². The van der Waals surface area contributed by atoms with E-state index in [9.17, 15) is 9.59 Å². The molecule has 0 aromatic heterocycles. The number of amides is 1. The Hall–Kier alpha value is -1.88. The number of piperidine rings is 1. The minimum Gasteiger partial charge on any atom is -0.496 e. The molecule has 0 atom stereocenters. The summed E-state index contributed by atoms with van der Waals surface area (Å²) in [5.41, 5.74) is 7.04. The smallest absolute Gasteiger partial charge is 0.220 e. The molecular weight excluding hydrogens is 268 g/mol. The highest BCUT2D eigenvalue weighted by Crippen LogP contribution is 2.24. The summed E-state index contributed by atoms with van der Waals surface area (Å²) in [5, 5.41) is 0. The molecule has 0 saturated carbocycles. The minimum atomic E-state index is -0.203. The minimum absolute atomic E-state index is 0.00769. The van der Waals surface area contributed by atoms with Gasteiger partial charge in [-0.1, -0.05) is 0 Å². The third-order valence-corrected chi connectivity index (χ3v) is 4.07.